The van der Waals surface area contributed by atoms with E-state index < -0.39 is 17.7 Å². The molecule has 156 valence electrons. The minimum Gasteiger partial charge on any atom is -0.426 e. The summed E-state index contributed by atoms with van der Waals surface area (Å²) in [6.45, 7) is 8.64. The summed E-state index contributed by atoms with van der Waals surface area (Å²) in [5.74, 6) is -0.0505. The standard InChI is InChI=1S/C21H23F3N2O3/c1-12-13(2)25-14(3)19(20(12)29-16(5)27)15(4)26-28-11-10-17-6-8-18(9-7-17)21(22,23)24/h6-9H,10-11H2,1-5H3. The molecule has 8 heteroatoms. The molecule has 1 aromatic heterocycles. The van der Waals surface area contributed by atoms with Gasteiger partial charge in [-0.25, -0.2) is 0 Å². The molecule has 0 spiro atoms. The molecule has 0 aliphatic rings. The number of aromatic nitrogens is 1. The second-order valence-electron chi connectivity index (χ2n) is 6.66. The van der Waals surface area contributed by atoms with E-state index in [1.54, 1.807) is 13.8 Å². The minimum absolute atomic E-state index is 0.183. The van der Waals surface area contributed by atoms with Gasteiger partial charge in [0.15, 0.2) is 0 Å². The molecule has 0 N–H and O–H groups in total. The molecule has 0 atom stereocenters. The van der Waals surface area contributed by atoms with Crippen LogP contribution in [0.1, 0.15) is 47.5 Å². The lowest BCUT2D eigenvalue weighted by atomic mass is 10.0. The van der Waals surface area contributed by atoms with Crippen LogP contribution in [0.4, 0.5) is 13.2 Å². The van der Waals surface area contributed by atoms with Crippen molar-refractivity contribution in [2.24, 2.45) is 5.16 Å². The Balaban J connectivity index is 2.10. The average molecular weight is 408 g/mol. The number of carbonyl (C=O) groups is 1. The molecule has 0 bridgehead atoms. The van der Waals surface area contributed by atoms with Gasteiger partial charge in [0.2, 0.25) is 0 Å². The van der Waals surface area contributed by atoms with E-state index in [0.29, 0.717) is 34.7 Å². The Hall–Kier alpha value is -2.90. The molecule has 2 aromatic rings. The summed E-state index contributed by atoms with van der Waals surface area (Å²) in [7, 11) is 0. The third kappa shape index (κ3) is 5.79. The molecule has 0 aliphatic carbocycles. The van der Waals surface area contributed by atoms with E-state index in [0.717, 1.165) is 23.4 Å². The highest BCUT2D eigenvalue weighted by Gasteiger charge is 2.29. The second kappa shape index (κ2) is 9.07. The summed E-state index contributed by atoms with van der Waals surface area (Å²) in [5, 5.41) is 4.07. The number of hydrogen-bond acceptors (Lipinski definition) is 5. The van der Waals surface area contributed by atoms with Crippen molar-refractivity contribution < 1.29 is 27.5 Å². The number of hydrogen-bond donors (Lipinski definition) is 0. The van der Waals surface area contributed by atoms with E-state index in [4.69, 9.17) is 9.57 Å². The summed E-state index contributed by atoms with van der Waals surface area (Å²) in [6, 6.07) is 4.91. The predicted octanol–water partition coefficient (Wildman–Crippen LogP) is 4.93. The maximum atomic E-state index is 12.6. The molecule has 0 fully saturated rings. The largest absolute Gasteiger partial charge is 0.426 e. The van der Waals surface area contributed by atoms with Crippen LogP contribution in [0.25, 0.3) is 0 Å². The van der Waals surface area contributed by atoms with Gasteiger partial charge in [-0.3, -0.25) is 9.78 Å². The first kappa shape index (κ1) is 22.4. The van der Waals surface area contributed by atoms with Crippen molar-refractivity contribution in [3.05, 3.63) is 57.9 Å². The van der Waals surface area contributed by atoms with Crippen LogP contribution in [0.5, 0.6) is 5.75 Å². The first-order valence-electron chi connectivity index (χ1n) is 9.00. The number of rotatable bonds is 6. The molecule has 2 rings (SSSR count). The summed E-state index contributed by atoms with van der Waals surface area (Å²) < 4.78 is 43.2. The SMILES string of the molecule is CC(=O)Oc1c(C)c(C)nc(C)c1C(C)=NOCCc1ccc(C(F)(F)F)cc1. The fourth-order valence-electron chi connectivity index (χ4n) is 2.82. The molecule has 0 saturated carbocycles. The van der Waals surface area contributed by atoms with Gasteiger partial charge in [0.05, 0.1) is 22.5 Å². The maximum absolute atomic E-state index is 12.6. The number of ether oxygens (including phenoxy) is 1. The summed E-state index contributed by atoms with van der Waals surface area (Å²) in [5.41, 5.74) is 3.22. The van der Waals surface area contributed by atoms with Crippen LogP contribution in [0.2, 0.25) is 0 Å². The lowest BCUT2D eigenvalue weighted by Crippen LogP contribution is -2.13. The molecular formula is C21H23F3N2O3. The lowest BCUT2D eigenvalue weighted by Gasteiger charge is -2.15. The maximum Gasteiger partial charge on any atom is 0.416 e. The fourth-order valence-corrected chi connectivity index (χ4v) is 2.82. The third-order valence-corrected chi connectivity index (χ3v) is 4.38. The Labute approximate surface area is 167 Å². The third-order valence-electron chi connectivity index (χ3n) is 4.38. The van der Waals surface area contributed by atoms with Crippen LogP contribution in [-0.4, -0.2) is 23.3 Å². The number of esters is 1. The monoisotopic (exact) mass is 408 g/mol. The van der Waals surface area contributed by atoms with E-state index in [9.17, 15) is 18.0 Å². The van der Waals surface area contributed by atoms with Crippen LogP contribution in [0, 0.1) is 20.8 Å². The van der Waals surface area contributed by atoms with Crippen LogP contribution in [0.3, 0.4) is 0 Å². The Bertz CT molecular complexity index is 920. The first-order chi connectivity index (χ1) is 13.5. The number of carbonyl (C=O) groups excluding carboxylic acids is 1. The average Bonchev–Trinajstić information content (AvgIpc) is 2.62. The molecule has 1 aromatic carbocycles. The van der Waals surface area contributed by atoms with E-state index in [2.05, 4.69) is 10.1 Å². The Kier molecular flexibility index (Phi) is 7.00. The highest BCUT2D eigenvalue weighted by Crippen LogP contribution is 2.30. The van der Waals surface area contributed by atoms with Gasteiger partial charge in [-0.05, 0) is 45.4 Å². The van der Waals surface area contributed by atoms with Crippen molar-refractivity contribution in [1.29, 1.82) is 0 Å². The highest BCUT2D eigenvalue weighted by molar-refractivity contribution is 6.02. The van der Waals surface area contributed by atoms with Crippen molar-refractivity contribution in [2.45, 2.75) is 47.2 Å². The van der Waals surface area contributed by atoms with E-state index in [1.165, 1.54) is 19.1 Å². The Morgan fingerprint density at radius 2 is 1.69 bits per heavy atom. The van der Waals surface area contributed by atoms with Gasteiger partial charge in [-0.1, -0.05) is 17.3 Å². The zero-order chi connectivity index (χ0) is 21.8. The molecular weight excluding hydrogens is 385 g/mol. The zero-order valence-corrected chi connectivity index (χ0v) is 17.0. The highest BCUT2D eigenvalue weighted by atomic mass is 19.4. The van der Waals surface area contributed by atoms with Crippen molar-refractivity contribution in [3.8, 4) is 5.75 Å². The van der Waals surface area contributed by atoms with Crippen LogP contribution in [-0.2, 0) is 22.2 Å². The zero-order valence-electron chi connectivity index (χ0n) is 17.0. The molecule has 0 saturated heterocycles. The number of oxime groups is 1. The molecule has 0 unspecified atom stereocenters. The number of aryl methyl sites for hydroxylation is 2. The van der Waals surface area contributed by atoms with E-state index in [1.807, 2.05) is 13.8 Å². The number of alkyl halides is 3. The van der Waals surface area contributed by atoms with Gasteiger partial charge in [-0.15, -0.1) is 0 Å². The van der Waals surface area contributed by atoms with Gasteiger partial charge in [-0.2, -0.15) is 13.2 Å². The summed E-state index contributed by atoms with van der Waals surface area (Å²) in [6.07, 6.45) is -3.95. The van der Waals surface area contributed by atoms with Crippen LogP contribution < -0.4 is 4.74 Å². The Morgan fingerprint density at radius 1 is 1.07 bits per heavy atom. The number of pyridine rings is 1. The van der Waals surface area contributed by atoms with E-state index >= 15 is 0 Å². The first-order valence-corrected chi connectivity index (χ1v) is 9.00. The molecule has 0 amide bonds. The molecule has 29 heavy (non-hydrogen) atoms. The molecule has 0 radical (unpaired) electrons. The molecule has 1 heterocycles. The van der Waals surface area contributed by atoms with Gasteiger partial charge in [0, 0.05) is 24.6 Å². The quantitative estimate of drug-likeness (QED) is 0.294. The van der Waals surface area contributed by atoms with E-state index in [-0.39, 0.29) is 6.61 Å². The fraction of sp³-hybridized carbons (Fsp3) is 0.381. The topological polar surface area (TPSA) is 60.8 Å². The minimum atomic E-state index is -4.35. The lowest BCUT2D eigenvalue weighted by molar-refractivity contribution is -0.137. The van der Waals surface area contributed by atoms with Gasteiger partial charge >= 0.3 is 12.1 Å². The van der Waals surface area contributed by atoms with Gasteiger partial charge in [0.1, 0.15) is 12.4 Å². The number of nitrogens with zero attached hydrogens (tertiary/aromatic N) is 2. The summed E-state index contributed by atoms with van der Waals surface area (Å²) >= 11 is 0. The van der Waals surface area contributed by atoms with Crippen molar-refractivity contribution in [2.75, 3.05) is 6.61 Å². The molecule has 5 nitrogen and oxygen atoms in total. The van der Waals surface area contributed by atoms with Crippen molar-refractivity contribution in [3.63, 3.8) is 0 Å². The number of halogens is 3. The van der Waals surface area contributed by atoms with Gasteiger partial charge < -0.3 is 9.57 Å². The van der Waals surface area contributed by atoms with Crippen LogP contribution >= 0.6 is 0 Å². The smallest absolute Gasteiger partial charge is 0.416 e. The number of benzene rings is 1. The Morgan fingerprint density at radius 3 is 2.24 bits per heavy atom. The van der Waals surface area contributed by atoms with Gasteiger partial charge in [0.25, 0.3) is 0 Å². The van der Waals surface area contributed by atoms with Crippen LogP contribution in [0.15, 0.2) is 29.4 Å². The van der Waals surface area contributed by atoms with Crippen molar-refractivity contribution in [1.82, 2.24) is 4.98 Å². The predicted molar refractivity (Wildman–Crippen MR) is 103 cm³/mol. The summed E-state index contributed by atoms with van der Waals surface area (Å²) in [4.78, 5) is 21.3. The van der Waals surface area contributed by atoms with Crippen molar-refractivity contribution >= 4 is 11.7 Å². The second-order valence-corrected chi connectivity index (χ2v) is 6.66. The normalized spacial score (nSPS) is 12.1. The molecule has 0 aliphatic heterocycles.